The molecule has 1 unspecified atom stereocenters. The van der Waals surface area contributed by atoms with Crippen molar-refractivity contribution in [1.82, 2.24) is 5.32 Å². The van der Waals surface area contributed by atoms with E-state index in [0.717, 1.165) is 13.0 Å². The molecule has 1 aromatic rings. The normalized spacial score (nSPS) is 18.1. The summed E-state index contributed by atoms with van der Waals surface area (Å²) in [5, 5.41) is 13.4. The Hall–Kier alpha value is -1.22. The molecule has 3 heteroatoms. The first-order valence-electron chi connectivity index (χ1n) is 7.39. The fourth-order valence-electron chi connectivity index (χ4n) is 2.86. The van der Waals surface area contributed by atoms with E-state index in [1.54, 1.807) is 7.11 Å². The molecule has 0 aliphatic carbocycles. The molecule has 0 fully saturated rings. The van der Waals surface area contributed by atoms with Crippen LogP contribution in [0, 0.1) is 0 Å². The summed E-state index contributed by atoms with van der Waals surface area (Å²) in [5.41, 5.74) is 2.56. The molecule has 1 aromatic carbocycles. The third kappa shape index (κ3) is 3.41. The predicted octanol–water partition coefficient (Wildman–Crippen LogP) is 3.56. The molecule has 1 aliphatic rings. The Labute approximate surface area is 116 Å². The second-order valence-electron chi connectivity index (χ2n) is 5.33. The fourth-order valence-corrected chi connectivity index (χ4v) is 2.86. The summed E-state index contributed by atoms with van der Waals surface area (Å²) >= 11 is 0. The standard InChI is InChI=1S/C16H25NO2/c1-3-4-5-6-7-14-13-11-16(19-2)15(18)10-12(13)8-9-17-14/h10-11,14,17-18H,3-9H2,1-2H3. The summed E-state index contributed by atoms with van der Waals surface area (Å²) < 4.78 is 5.22. The minimum Gasteiger partial charge on any atom is -0.504 e. The molecular weight excluding hydrogens is 238 g/mol. The average molecular weight is 263 g/mol. The maximum atomic E-state index is 9.85. The molecule has 0 bridgehead atoms. The van der Waals surface area contributed by atoms with E-state index >= 15 is 0 Å². The first-order valence-corrected chi connectivity index (χ1v) is 7.39. The van der Waals surface area contributed by atoms with Crippen LogP contribution in [0.1, 0.15) is 56.2 Å². The van der Waals surface area contributed by atoms with Gasteiger partial charge in [-0.3, -0.25) is 0 Å². The molecule has 2 rings (SSSR count). The van der Waals surface area contributed by atoms with E-state index < -0.39 is 0 Å². The van der Waals surface area contributed by atoms with Crippen molar-refractivity contribution in [2.24, 2.45) is 0 Å². The maximum absolute atomic E-state index is 9.85. The number of nitrogens with one attached hydrogen (secondary N) is 1. The number of aromatic hydroxyl groups is 1. The molecule has 0 saturated carbocycles. The van der Waals surface area contributed by atoms with Crippen molar-refractivity contribution in [3.05, 3.63) is 23.3 Å². The number of benzene rings is 1. The van der Waals surface area contributed by atoms with Crippen LogP contribution in [0.4, 0.5) is 0 Å². The molecule has 1 atom stereocenters. The molecule has 106 valence electrons. The molecule has 0 aromatic heterocycles. The zero-order chi connectivity index (χ0) is 13.7. The van der Waals surface area contributed by atoms with E-state index in [2.05, 4.69) is 12.2 Å². The van der Waals surface area contributed by atoms with Gasteiger partial charge < -0.3 is 15.2 Å². The molecular formula is C16H25NO2. The minimum atomic E-state index is 0.257. The quantitative estimate of drug-likeness (QED) is 0.771. The summed E-state index contributed by atoms with van der Waals surface area (Å²) in [6.45, 7) is 3.24. The smallest absolute Gasteiger partial charge is 0.160 e. The van der Waals surface area contributed by atoms with Gasteiger partial charge in [-0.1, -0.05) is 32.6 Å². The highest BCUT2D eigenvalue weighted by Crippen LogP contribution is 2.35. The minimum absolute atomic E-state index is 0.257. The van der Waals surface area contributed by atoms with E-state index in [1.807, 2.05) is 12.1 Å². The van der Waals surface area contributed by atoms with Gasteiger partial charge in [0.2, 0.25) is 0 Å². The number of unbranched alkanes of at least 4 members (excludes halogenated alkanes) is 3. The van der Waals surface area contributed by atoms with Gasteiger partial charge >= 0.3 is 0 Å². The van der Waals surface area contributed by atoms with Gasteiger partial charge in [0, 0.05) is 6.04 Å². The maximum Gasteiger partial charge on any atom is 0.160 e. The Kier molecular flexibility index (Phi) is 5.08. The van der Waals surface area contributed by atoms with Gasteiger partial charge in [-0.15, -0.1) is 0 Å². The highest BCUT2D eigenvalue weighted by Gasteiger charge is 2.21. The molecule has 0 saturated heterocycles. The van der Waals surface area contributed by atoms with Crippen LogP contribution in [0.2, 0.25) is 0 Å². The van der Waals surface area contributed by atoms with Gasteiger partial charge in [0.1, 0.15) is 0 Å². The molecule has 0 spiro atoms. The van der Waals surface area contributed by atoms with E-state index in [4.69, 9.17) is 4.74 Å². The van der Waals surface area contributed by atoms with Crippen LogP contribution in [0.15, 0.2) is 12.1 Å². The van der Waals surface area contributed by atoms with Crippen LogP contribution >= 0.6 is 0 Å². The van der Waals surface area contributed by atoms with Crippen molar-refractivity contribution in [1.29, 1.82) is 0 Å². The van der Waals surface area contributed by atoms with Gasteiger partial charge in [-0.25, -0.2) is 0 Å². The van der Waals surface area contributed by atoms with Crippen LogP contribution < -0.4 is 10.1 Å². The second-order valence-corrected chi connectivity index (χ2v) is 5.33. The number of hydrogen-bond donors (Lipinski definition) is 2. The van der Waals surface area contributed by atoms with Gasteiger partial charge in [-0.2, -0.15) is 0 Å². The third-order valence-corrected chi connectivity index (χ3v) is 3.95. The lowest BCUT2D eigenvalue weighted by Gasteiger charge is -2.27. The van der Waals surface area contributed by atoms with Crippen molar-refractivity contribution in [3.63, 3.8) is 0 Å². The topological polar surface area (TPSA) is 41.5 Å². The number of fused-ring (bicyclic) bond motifs is 1. The zero-order valence-electron chi connectivity index (χ0n) is 12.0. The Bertz CT molecular complexity index is 417. The van der Waals surface area contributed by atoms with E-state index in [-0.39, 0.29) is 5.75 Å². The number of phenolic OH excluding ortho intramolecular Hbond substituents is 1. The lowest BCUT2D eigenvalue weighted by Crippen LogP contribution is -2.29. The molecule has 0 amide bonds. The van der Waals surface area contributed by atoms with E-state index in [9.17, 15) is 5.11 Å². The number of ether oxygens (including phenoxy) is 1. The van der Waals surface area contributed by atoms with Crippen molar-refractivity contribution < 1.29 is 9.84 Å². The van der Waals surface area contributed by atoms with Gasteiger partial charge in [0.25, 0.3) is 0 Å². The van der Waals surface area contributed by atoms with Gasteiger partial charge in [0.15, 0.2) is 11.5 Å². The molecule has 19 heavy (non-hydrogen) atoms. The number of phenols is 1. The zero-order valence-corrected chi connectivity index (χ0v) is 12.0. The monoisotopic (exact) mass is 263 g/mol. The molecule has 2 N–H and O–H groups in total. The Balaban J connectivity index is 2.09. The highest BCUT2D eigenvalue weighted by atomic mass is 16.5. The largest absolute Gasteiger partial charge is 0.504 e. The lowest BCUT2D eigenvalue weighted by atomic mass is 9.90. The van der Waals surface area contributed by atoms with Crippen molar-refractivity contribution in [2.75, 3.05) is 13.7 Å². The van der Waals surface area contributed by atoms with E-state index in [0.29, 0.717) is 11.8 Å². The summed E-state index contributed by atoms with van der Waals surface area (Å²) in [5.74, 6) is 0.842. The van der Waals surface area contributed by atoms with Gasteiger partial charge in [-0.05, 0) is 42.6 Å². The highest BCUT2D eigenvalue weighted by molar-refractivity contribution is 5.48. The Morgan fingerprint density at radius 1 is 1.32 bits per heavy atom. The summed E-state index contributed by atoms with van der Waals surface area (Å²) in [7, 11) is 1.61. The molecule has 0 radical (unpaired) electrons. The number of rotatable bonds is 6. The molecule has 1 heterocycles. The average Bonchev–Trinajstić information content (AvgIpc) is 2.43. The van der Waals surface area contributed by atoms with Crippen molar-refractivity contribution >= 4 is 0 Å². The van der Waals surface area contributed by atoms with Crippen LogP contribution in [0.25, 0.3) is 0 Å². The Morgan fingerprint density at radius 2 is 2.16 bits per heavy atom. The second kappa shape index (κ2) is 6.80. The third-order valence-electron chi connectivity index (χ3n) is 3.95. The lowest BCUT2D eigenvalue weighted by molar-refractivity contribution is 0.368. The summed E-state index contributed by atoms with van der Waals surface area (Å²) in [6.07, 6.45) is 7.31. The van der Waals surface area contributed by atoms with Crippen molar-refractivity contribution in [2.45, 2.75) is 51.5 Å². The Morgan fingerprint density at radius 3 is 2.89 bits per heavy atom. The number of methoxy groups -OCH3 is 1. The van der Waals surface area contributed by atoms with Crippen LogP contribution in [-0.2, 0) is 6.42 Å². The van der Waals surface area contributed by atoms with E-state index in [1.165, 1.54) is 43.2 Å². The predicted molar refractivity (Wildman–Crippen MR) is 77.9 cm³/mol. The summed E-state index contributed by atoms with van der Waals surface area (Å²) in [6, 6.07) is 4.28. The summed E-state index contributed by atoms with van der Waals surface area (Å²) in [4.78, 5) is 0. The number of hydrogen-bond acceptors (Lipinski definition) is 3. The van der Waals surface area contributed by atoms with Gasteiger partial charge in [0.05, 0.1) is 7.11 Å². The SMILES string of the molecule is CCCCCCC1NCCc2cc(O)c(OC)cc21. The first-order chi connectivity index (χ1) is 9.26. The van der Waals surface area contributed by atoms with Crippen LogP contribution in [0.3, 0.4) is 0 Å². The van der Waals surface area contributed by atoms with Crippen LogP contribution in [-0.4, -0.2) is 18.8 Å². The fraction of sp³-hybridized carbons (Fsp3) is 0.625. The molecule has 1 aliphatic heterocycles. The van der Waals surface area contributed by atoms with Crippen LogP contribution in [0.5, 0.6) is 11.5 Å². The van der Waals surface area contributed by atoms with Crippen molar-refractivity contribution in [3.8, 4) is 11.5 Å². The first kappa shape index (κ1) is 14.2. The molecule has 3 nitrogen and oxygen atoms in total.